The van der Waals surface area contributed by atoms with Crippen LogP contribution in [0.2, 0.25) is 0 Å². The van der Waals surface area contributed by atoms with Gasteiger partial charge in [0.2, 0.25) is 10.0 Å². The first kappa shape index (κ1) is 15.7. The predicted octanol–water partition coefficient (Wildman–Crippen LogP) is 1.06. The molecule has 0 spiro atoms. The largest absolute Gasteiger partial charge is 0.357 e. The van der Waals surface area contributed by atoms with E-state index in [-0.39, 0.29) is 0 Å². The highest BCUT2D eigenvalue weighted by Crippen LogP contribution is 2.23. The van der Waals surface area contributed by atoms with Gasteiger partial charge in [-0.3, -0.25) is 0 Å². The molecule has 1 saturated heterocycles. The van der Waals surface area contributed by atoms with Crippen molar-refractivity contribution in [2.24, 2.45) is 5.92 Å². The van der Waals surface area contributed by atoms with Gasteiger partial charge in [-0.2, -0.15) is 5.26 Å². The normalized spacial score (nSPS) is 17.0. The first-order valence-corrected chi connectivity index (χ1v) is 8.77. The Morgan fingerprint density at radius 1 is 1.48 bits per heavy atom. The number of aromatic nitrogens is 1. The van der Waals surface area contributed by atoms with Gasteiger partial charge in [0.05, 0.1) is 17.9 Å². The highest BCUT2D eigenvalue weighted by molar-refractivity contribution is 7.88. The summed E-state index contributed by atoms with van der Waals surface area (Å²) in [7, 11) is -1.48. The molecule has 2 rings (SSSR count). The van der Waals surface area contributed by atoms with Gasteiger partial charge in [0.1, 0.15) is 5.82 Å². The fourth-order valence-corrected chi connectivity index (χ4v) is 2.99. The van der Waals surface area contributed by atoms with Gasteiger partial charge < -0.3 is 4.90 Å². The zero-order valence-electron chi connectivity index (χ0n) is 12.4. The molecule has 114 valence electrons. The van der Waals surface area contributed by atoms with E-state index in [1.165, 1.54) is 10.6 Å². The Hall–Kier alpha value is -1.65. The zero-order valence-corrected chi connectivity index (χ0v) is 13.2. The predicted molar refractivity (Wildman–Crippen MR) is 81.4 cm³/mol. The summed E-state index contributed by atoms with van der Waals surface area (Å²) in [5.41, 5.74) is 0.610. The van der Waals surface area contributed by atoms with Crippen molar-refractivity contribution >= 4 is 15.8 Å². The van der Waals surface area contributed by atoms with Crippen LogP contribution >= 0.6 is 0 Å². The Bertz CT molecular complexity index is 631. The third-order valence-electron chi connectivity index (χ3n) is 3.89. The second-order valence-electron chi connectivity index (χ2n) is 5.49. The molecule has 1 aliphatic heterocycles. The highest BCUT2D eigenvalue weighted by Gasteiger charge is 2.23. The van der Waals surface area contributed by atoms with Crippen molar-refractivity contribution in [2.45, 2.75) is 12.8 Å². The summed E-state index contributed by atoms with van der Waals surface area (Å²) in [5.74, 6) is 1.20. The molecule has 1 aromatic heterocycles. The van der Waals surface area contributed by atoms with Crippen molar-refractivity contribution in [3.05, 3.63) is 23.9 Å². The Balaban J connectivity index is 1.93. The average molecular weight is 308 g/mol. The lowest BCUT2D eigenvalue weighted by molar-refractivity contribution is 0.328. The third-order valence-corrected chi connectivity index (χ3v) is 5.18. The molecule has 7 heteroatoms. The number of hydrogen-bond donors (Lipinski definition) is 0. The lowest BCUT2D eigenvalue weighted by Gasteiger charge is -2.34. The fraction of sp³-hybridized carbons (Fsp3) is 0.571. The Morgan fingerprint density at radius 3 is 2.71 bits per heavy atom. The summed E-state index contributed by atoms with van der Waals surface area (Å²) in [4.78, 5) is 6.46. The molecule has 0 aliphatic carbocycles. The molecule has 0 aromatic carbocycles. The second kappa shape index (κ2) is 6.41. The van der Waals surface area contributed by atoms with Gasteiger partial charge in [-0.15, -0.1) is 0 Å². The van der Waals surface area contributed by atoms with Crippen LogP contribution in [0.5, 0.6) is 0 Å². The first-order valence-electron chi connectivity index (χ1n) is 6.92. The van der Waals surface area contributed by atoms with Crippen molar-refractivity contribution < 1.29 is 8.42 Å². The SMILES string of the molecule is CN(CC1CCN(c2cc(C#N)ccn2)CC1)S(C)(=O)=O. The van der Waals surface area contributed by atoms with E-state index in [1.54, 1.807) is 25.4 Å². The van der Waals surface area contributed by atoms with E-state index < -0.39 is 10.0 Å². The first-order chi connectivity index (χ1) is 9.90. The van der Waals surface area contributed by atoms with E-state index in [2.05, 4.69) is 16.0 Å². The Labute approximate surface area is 126 Å². The van der Waals surface area contributed by atoms with Crippen LogP contribution in [0.3, 0.4) is 0 Å². The molecule has 0 saturated carbocycles. The summed E-state index contributed by atoms with van der Waals surface area (Å²) in [6, 6.07) is 5.60. The van der Waals surface area contributed by atoms with Crippen LogP contribution < -0.4 is 4.90 Å². The van der Waals surface area contributed by atoms with Crippen molar-refractivity contribution in [3.63, 3.8) is 0 Å². The van der Waals surface area contributed by atoms with Crippen LogP contribution in [0.1, 0.15) is 18.4 Å². The molecular weight excluding hydrogens is 288 g/mol. The molecule has 2 heterocycles. The Kier molecular flexibility index (Phi) is 4.80. The average Bonchev–Trinajstić information content (AvgIpc) is 2.47. The summed E-state index contributed by atoms with van der Waals surface area (Å²) in [6.45, 7) is 2.24. The smallest absolute Gasteiger partial charge is 0.210 e. The molecular formula is C14H20N4O2S. The van der Waals surface area contributed by atoms with Crippen molar-refractivity contribution in [1.82, 2.24) is 9.29 Å². The number of nitriles is 1. The number of hydrogen-bond acceptors (Lipinski definition) is 5. The monoisotopic (exact) mass is 308 g/mol. The molecule has 21 heavy (non-hydrogen) atoms. The molecule has 0 amide bonds. The summed E-state index contributed by atoms with van der Waals surface area (Å²) >= 11 is 0. The van der Waals surface area contributed by atoms with Gasteiger partial charge in [0, 0.05) is 32.9 Å². The maximum absolute atomic E-state index is 11.4. The van der Waals surface area contributed by atoms with E-state index >= 15 is 0 Å². The van der Waals surface area contributed by atoms with E-state index in [0.717, 1.165) is 31.7 Å². The van der Waals surface area contributed by atoms with E-state index in [4.69, 9.17) is 5.26 Å². The summed E-state index contributed by atoms with van der Waals surface area (Å²) < 4.78 is 24.3. The maximum atomic E-state index is 11.4. The van der Waals surface area contributed by atoms with E-state index in [0.29, 0.717) is 18.0 Å². The van der Waals surface area contributed by atoms with Gasteiger partial charge >= 0.3 is 0 Å². The van der Waals surface area contributed by atoms with Crippen LogP contribution in [0, 0.1) is 17.2 Å². The van der Waals surface area contributed by atoms with Crippen LogP contribution in [-0.2, 0) is 10.0 Å². The minimum absolute atomic E-state index is 0.375. The lowest BCUT2D eigenvalue weighted by atomic mass is 9.97. The second-order valence-corrected chi connectivity index (χ2v) is 7.58. The van der Waals surface area contributed by atoms with Crippen LogP contribution in [-0.4, -0.2) is 50.6 Å². The molecule has 0 unspecified atom stereocenters. The highest BCUT2D eigenvalue weighted by atomic mass is 32.2. The van der Waals surface area contributed by atoms with Crippen LogP contribution in [0.4, 0.5) is 5.82 Å². The molecule has 0 N–H and O–H groups in total. The number of piperidine rings is 1. The topological polar surface area (TPSA) is 77.3 Å². The number of nitrogens with zero attached hydrogens (tertiary/aromatic N) is 4. The molecule has 1 aromatic rings. The van der Waals surface area contributed by atoms with Crippen molar-refractivity contribution in [2.75, 3.05) is 37.8 Å². The standard InChI is InChI=1S/C14H20N4O2S/c1-17(21(2,19)20)11-12-4-7-18(8-5-12)14-9-13(10-15)3-6-16-14/h3,6,9,12H,4-5,7-8,11H2,1-2H3. The molecule has 1 fully saturated rings. The number of rotatable bonds is 4. The van der Waals surface area contributed by atoms with Gasteiger partial charge in [0.15, 0.2) is 0 Å². The number of anilines is 1. The molecule has 6 nitrogen and oxygen atoms in total. The van der Waals surface area contributed by atoms with Gasteiger partial charge in [-0.25, -0.2) is 17.7 Å². The van der Waals surface area contributed by atoms with E-state index in [1.807, 2.05) is 0 Å². The minimum Gasteiger partial charge on any atom is -0.357 e. The van der Waals surface area contributed by atoms with Crippen LogP contribution in [0.15, 0.2) is 18.3 Å². The van der Waals surface area contributed by atoms with Gasteiger partial charge in [-0.05, 0) is 30.9 Å². The molecule has 0 radical (unpaired) electrons. The Morgan fingerprint density at radius 2 is 2.14 bits per heavy atom. The maximum Gasteiger partial charge on any atom is 0.210 e. The van der Waals surface area contributed by atoms with Gasteiger partial charge in [-0.1, -0.05) is 0 Å². The van der Waals surface area contributed by atoms with Crippen LogP contribution in [0.25, 0.3) is 0 Å². The molecule has 0 bridgehead atoms. The number of pyridine rings is 1. The van der Waals surface area contributed by atoms with Crippen molar-refractivity contribution in [1.29, 1.82) is 5.26 Å². The number of sulfonamides is 1. The lowest BCUT2D eigenvalue weighted by Crippen LogP contribution is -2.39. The quantitative estimate of drug-likeness (QED) is 0.831. The minimum atomic E-state index is -3.11. The molecule has 1 aliphatic rings. The summed E-state index contributed by atoms with van der Waals surface area (Å²) in [6.07, 6.45) is 4.74. The fourth-order valence-electron chi connectivity index (χ4n) is 2.50. The van der Waals surface area contributed by atoms with Gasteiger partial charge in [0.25, 0.3) is 0 Å². The van der Waals surface area contributed by atoms with E-state index in [9.17, 15) is 8.42 Å². The molecule has 0 atom stereocenters. The summed E-state index contributed by atoms with van der Waals surface area (Å²) in [5, 5.41) is 8.92. The third kappa shape index (κ3) is 4.16. The van der Waals surface area contributed by atoms with Crippen molar-refractivity contribution in [3.8, 4) is 6.07 Å². The zero-order chi connectivity index (χ0) is 15.5.